The topological polar surface area (TPSA) is 61.4 Å². The van der Waals surface area contributed by atoms with E-state index in [9.17, 15) is 9.59 Å². The number of hydrogen-bond acceptors (Lipinski definition) is 3. The third-order valence-electron chi connectivity index (χ3n) is 3.08. The van der Waals surface area contributed by atoms with Crippen molar-refractivity contribution in [2.45, 2.75) is 31.8 Å². The van der Waals surface area contributed by atoms with Crippen LogP contribution in [0.25, 0.3) is 0 Å². The molecule has 0 bridgehead atoms. The molecule has 16 heavy (non-hydrogen) atoms. The van der Waals surface area contributed by atoms with Gasteiger partial charge in [0.2, 0.25) is 11.8 Å². The Morgan fingerprint density at radius 2 is 2.25 bits per heavy atom. The molecule has 0 aromatic heterocycles. The first kappa shape index (κ1) is 13.3. The van der Waals surface area contributed by atoms with Crippen molar-refractivity contribution in [3.8, 4) is 0 Å². The highest BCUT2D eigenvalue weighted by Crippen LogP contribution is 2.12. The first-order valence-corrected chi connectivity index (χ1v) is 5.49. The molecular weight excluding hydrogens is 230 g/mol. The molecule has 2 aliphatic rings. The fourth-order valence-corrected chi connectivity index (χ4v) is 2.17. The van der Waals surface area contributed by atoms with Gasteiger partial charge in [-0.1, -0.05) is 0 Å². The highest BCUT2D eigenvalue weighted by Gasteiger charge is 2.33. The zero-order valence-corrected chi connectivity index (χ0v) is 10.2. The molecule has 92 valence electrons. The van der Waals surface area contributed by atoms with Gasteiger partial charge in [-0.25, -0.2) is 0 Å². The second-order valence-electron chi connectivity index (χ2n) is 4.24. The van der Waals surface area contributed by atoms with Crippen LogP contribution in [-0.2, 0) is 9.59 Å². The molecule has 2 fully saturated rings. The predicted molar refractivity (Wildman–Crippen MR) is 62.5 cm³/mol. The normalized spacial score (nSPS) is 29.6. The highest BCUT2D eigenvalue weighted by atomic mass is 35.5. The minimum atomic E-state index is -0.280. The highest BCUT2D eigenvalue weighted by molar-refractivity contribution is 5.91. The Hall–Kier alpha value is -0.810. The maximum Gasteiger partial charge on any atom is 0.245 e. The maximum absolute atomic E-state index is 12.0. The van der Waals surface area contributed by atoms with Gasteiger partial charge in [-0.15, -0.1) is 12.4 Å². The Bertz CT molecular complexity index is 285. The Kier molecular flexibility index (Phi) is 4.56. The van der Waals surface area contributed by atoms with Crippen molar-refractivity contribution in [1.29, 1.82) is 0 Å². The lowest BCUT2D eigenvalue weighted by Gasteiger charge is -2.35. The van der Waals surface area contributed by atoms with Crippen LogP contribution in [0.2, 0.25) is 0 Å². The monoisotopic (exact) mass is 247 g/mol. The first-order valence-electron chi connectivity index (χ1n) is 5.49. The van der Waals surface area contributed by atoms with Crippen LogP contribution in [0.1, 0.15) is 19.8 Å². The summed E-state index contributed by atoms with van der Waals surface area (Å²) < 4.78 is 0. The molecule has 2 N–H and O–H groups in total. The van der Waals surface area contributed by atoms with E-state index < -0.39 is 0 Å². The van der Waals surface area contributed by atoms with Gasteiger partial charge >= 0.3 is 0 Å². The van der Waals surface area contributed by atoms with Crippen molar-refractivity contribution in [3.05, 3.63) is 0 Å². The molecule has 5 nitrogen and oxygen atoms in total. The molecule has 2 saturated heterocycles. The summed E-state index contributed by atoms with van der Waals surface area (Å²) in [5.74, 6) is 0.0750. The van der Waals surface area contributed by atoms with E-state index in [1.807, 2.05) is 11.8 Å². The van der Waals surface area contributed by atoms with E-state index in [2.05, 4.69) is 10.6 Å². The van der Waals surface area contributed by atoms with E-state index in [1.54, 1.807) is 0 Å². The van der Waals surface area contributed by atoms with Gasteiger partial charge in [0.25, 0.3) is 0 Å². The van der Waals surface area contributed by atoms with Gasteiger partial charge in [0.15, 0.2) is 0 Å². The molecule has 0 aromatic carbocycles. The summed E-state index contributed by atoms with van der Waals surface area (Å²) in [6.45, 7) is 4.45. The lowest BCUT2D eigenvalue weighted by molar-refractivity contribution is -0.137. The van der Waals surface area contributed by atoms with E-state index in [4.69, 9.17) is 0 Å². The van der Waals surface area contributed by atoms with Gasteiger partial charge in [-0.3, -0.25) is 9.59 Å². The van der Waals surface area contributed by atoms with E-state index in [0.717, 1.165) is 19.6 Å². The van der Waals surface area contributed by atoms with Crippen LogP contribution in [-0.4, -0.2) is 48.4 Å². The van der Waals surface area contributed by atoms with Crippen LogP contribution in [0.3, 0.4) is 0 Å². The number of carbonyl (C=O) groups is 2. The number of rotatable bonds is 1. The Labute approximate surface area is 101 Å². The molecule has 0 aliphatic carbocycles. The predicted octanol–water partition coefficient (Wildman–Crippen LogP) is -0.493. The van der Waals surface area contributed by atoms with Gasteiger partial charge < -0.3 is 15.5 Å². The van der Waals surface area contributed by atoms with Gasteiger partial charge in [0.05, 0.1) is 0 Å². The minimum Gasteiger partial charge on any atom is -0.344 e. The van der Waals surface area contributed by atoms with Crippen molar-refractivity contribution >= 4 is 24.2 Å². The average Bonchev–Trinajstić information content (AvgIpc) is 2.65. The van der Waals surface area contributed by atoms with Crippen molar-refractivity contribution in [2.75, 3.05) is 19.6 Å². The van der Waals surface area contributed by atoms with Crippen LogP contribution in [0, 0.1) is 0 Å². The van der Waals surface area contributed by atoms with Crippen molar-refractivity contribution < 1.29 is 9.59 Å². The molecule has 0 radical (unpaired) electrons. The molecular formula is C10H18ClN3O2. The molecule has 2 aliphatic heterocycles. The van der Waals surface area contributed by atoms with Crippen LogP contribution in [0.4, 0.5) is 0 Å². The van der Waals surface area contributed by atoms with Crippen LogP contribution >= 0.6 is 12.4 Å². The van der Waals surface area contributed by atoms with Crippen LogP contribution < -0.4 is 10.6 Å². The quantitative estimate of drug-likeness (QED) is 0.657. The summed E-state index contributed by atoms with van der Waals surface area (Å²) in [5.41, 5.74) is 0. The standard InChI is InChI=1S/C10H17N3O2.ClH/c1-7-6-11-4-5-13(7)10(15)8-2-3-9(14)12-8;/h7-8,11H,2-6H2,1H3,(H,12,14);1H/t7-,8+;/m0./s1. The zero-order chi connectivity index (χ0) is 10.8. The van der Waals surface area contributed by atoms with Crippen molar-refractivity contribution in [2.24, 2.45) is 0 Å². The summed E-state index contributed by atoms with van der Waals surface area (Å²) >= 11 is 0. The third kappa shape index (κ3) is 2.65. The summed E-state index contributed by atoms with van der Waals surface area (Å²) in [6, 6.07) is -0.0539. The maximum atomic E-state index is 12.0. The fraction of sp³-hybridized carbons (Fsp3) is 0.800. The van der Waals surface area contributed by atoms with Crippen LogP contribution in [0.5, 0.6) is 0 Å². The largest absolute Gasteiger partial charge is 0.344 e. The van der Waals surface area contributed by atoms with Gasteiger partial charge in [0, 0.05) is 32.1 Å². The van der Waals surface area contributed by atoms with E-state index >= 15 is 0 Å². The lowest BCUT2D eigenvalue weighted by atomic mass is 10.1. The first-order chi connectivity index (χ1) is 7.18. The summed E-state index contributed by atoms with van der Waals surface area (Å²) in [7, 11) is 0. The lowest BCUT2D eigenvalue weighted by Crippen LogP contribution is -2.56. The Morgan fingerprint density at radius 3 is 2.81 bits per heavy atom. The number of piperazine rings is 1. The molecule has 2 atom stereocenters. The molecule has 0 spiro atoms. The minimum absolute atomic E-state index is 0. The molecule has 2 rings (SSSR count). The molecule has 2 amide bonds. The van der Waals surface area contributed by atoms with Gasteiger partial charge in [-0.05, 0) is 13.3 Å². The number of nitrogens with one attached hydrogen (secondary N) is 2. The Morgan fingerprint density at radius 1 is 1.50 bits per heavy atom. The zero-order valence-electron chi connectivity index (χ0n) is 9.36. The second-order valence-corrected chi connectivity index (χ2v) is 4.24. The molecule has 0 saturated carbocycles. The van der Waals surface area contributed by atoms with E-state index in [-0.39, 0.29) is 36.3 Å². The molecule has 0 unspecified atom stereocenters. The van der Waals surface area contributed by atoms with Gasteiger partial charge in [-0.2, -0.15) is 0 Å². The SMILES string of the molecule is C[C@H]1CNCCN1C(=O)[C@H]1CCC(=O)N1.Cl. The van der Waals surface area contributed by atoms with Crippen molar-refractivity contribution in [1.82, 2.24) is 15.5 Å². The van der Waals surface area contributed by atoms with Crippen LogP contribution in [0.15, 0.2) is 0 Å². The second kappa shape index (κ2) is 5.50. The summed E-state index contributed by atoms with van der Waals surface area (Å²) in [4.78, 5) is 24.9. The molecule has 0 aromatic rings. The van der Waals surface area contributed by atoms with Crippen molar-refractivity contribution in [3.63, 3.8) is 0 Å². The smallest absolute Gasteiger partial charge is 0.245 e. The Balaban J connectivity index is 0.00000128. The van der Waals surface area contributed by atoms with Gasteiger partial charge in [0.1, 0.15) is 6.04 Å². The average molecular weight is 248 g/mol. The fourth-order valence-electron chi connectivity index (χ4n) is 2.17. The number of halogens is 1. The number of carbonyl (C=O) groups excluding carboxylic acids is 2. The summed E-state index contributed by atoms with van der Waals surface area (Å²) in [5, 5.41) is 5.96. The number of nitrogens with zero attached hydrogens (tertiary/aromatic N) is 1. The summed E-state index contributed by atoms with van der Waals surface area (Å²) in [6.07, 6.45) is 1.13. The van der Waals surface area contributed by atoms with E-state index in [1.165, 1.54) is 0 Å². The molecule has 2 heterocycles. The number of hydrogen-bond donors (Lipinski definition) is 2. The number of amides is 2. The van der Waals surface area contributed by atoms with E-state index in [0.29, 0.717) is 12.8 Å². The third-order valence-corrected chi connectivity index (χ3v) is 3.08. The molecule has 6 heteroatoms.